The van der Waals surface area contributed by atoms with Crippen LogP contribution in [0, 0.1) is 5.41 Å². The molecule has 4 rings (SSSR count). The van der Waals surface area contributed by atoms with E-state index in [1.807, 2.05) is 35.8 Å². The van der Waals surface area contributed by atoms with E-state index in [2.05, 4.69) is 19.8 Å². The van der Waals surface area contributed by atoms with Gasteiger partial charge in [0.1, 0.15) is 5.82 Å². The fourth-order valence-electron chi connectivity index (χ4n) is 3.73. The molecule has 158 valence electrons. The van der Waals surface area contributed by atoms with E-state index in [-0.39, 0.29) is 11.3 Å². The minimum Gasteiger partial charge on any atom is -0.475 e. The van der Waals surface area contributed by atoms with Gasteiger partial charge in [-0.15, -0.1) is 0 Å². The molecule has 11 heteroatoms. The van der Waals surface area contributed by atoms with Gasteiger partial charge in [-0.1, -0.05) is 0 Å². The number of thiophene rings is 1. The van der Waals surface area contributed by atoms with Crippen LogP contribution in [0.3, 0.4) is 0 Å². The van der Waals surface area contributed by atoms with Crippen LogP contribution in [0.1, 0.15) is 18.7 Å². The van der Waals surface area contributed by atoms with E-state index in [1.165, 1.54) is 0 Å². The molecule has 7 nitrogen and oxygen atoms in total. The van der Waals surface area contributed by atoms with Gasteiger partial charge in [-0.05, 0) is 24.4 Å². The van der Waals surface area contributed by atoms with E-state index in [1.54, 1.807) is 11.3 Å². The highest BCUT2D eigenvalue weighted by Crippen LogP contribution is 2.42. The lowest BCUT2D eigenvalue weighted by atomic mass is 9.86. The van der Waals surface area contributed by atoms with E-state index in [4.69, 9.17) is 9.90 Å². The quantitative estimate of drug-likeness (QED) is 0.810. The number of hydrogen-bond donors (Lipinski definition) is 1. The summed E-state index contributed by atoms with van der Waals surface area (Å²) in [6, 6.07) is 2.04. The number of imidazole rings is 1. The van der Waals surface area contributed by atoms with Gasteiger partial charge in [-0.25, -0.2) is 9.78 Å². The second-order valence-corrected chi connectivity index (χ2v) is 8.14. The van der Waals surface area contributed by atoms with Crippen molar-refractivity contribution in [1.29, 1.82) is 0 Å². The number of likely N-dealkylation sites (tertiary alicyclic amines) is 1. The third-order valence-electron chi connectivity index (χ3n) is 5.18. The fourth-order valence-corrected chi connectivity index (χ4v) is 4.37. The molecule has 0 radical (unpaired) electrons. The van der Waals surface area contributed by atoms with E-state index in [0.717, 1.165) is 44.1 Å². The van der Waals surface area contributed by atoms with Crippen molar-refractivity contribution < 1.29 is 27.9 Å². The number of nitrogens with zero attached hydrogens (tertiary/aromatic N) is 4. The molecular formula is C18H21F3N4O3S. The minimum atomic E-state index is -5.08. The van der Waals surface area contributed by atoms with Crippen LogP contribution < -0.4 is 4.90 Å². The molecule has 2 aromatic rings. The van der Waals surface area contributed by atoms with Crippen molar-refractivity contribution in [3.05, 3.63) is 35.0 Å². The Kier molecular flexibility index (Phi) is 5.99. The number of alkyl halides is 3. The molecule has 1 atom stereocenters. The van der Waals surface area contributed by atoms with Crippen LogP contribution in [0.25, 0.3) is 0 Å². The van der Waals surface area contributed by atoms with Crippen molar-refractivity contribution >= 4 is 28.9 Å². The number of aliphatic carboxylic acids is 1. The summed E-state index contributed by atoms with van der Waals surface area (Å²) in [4.78, 5) is 30.1. The molecule has 4 heterocycles. The van der Waals surface area contributed by atoms with Crippen molar-refractivity contribution in [2.75, 3.05) is 24.5 Å². The number of carboxylic acids is 1. The maximum absolute atomic E-state index is 12.4. The molecule has 0 aromatic carbocycles. The zero-order chi connectivity index (χ0) is 21.2. The molecule has 1 spiro atoms. The number of amides is 1. The highest BCUT2D eigenvalue weighted by molar-refractivity contribution is 7.08. The molecule has 1 unspecified atom stereocenters. The minimum absolute atomic E-state index is 0.129. The second kappa shape index (κ2) is 8.15. The van der Waals surface area contributed by atoms with Crippen molar-refractivity contribution in [2.45, 2.75) is 25.6 Å². The predicted octanol–water partition coefficient (Wildman–Crippen LogP) is 2.74. The molecule has 0 bridgehead atoms. The number of carbonyl (C=O) groups excluding carboxylic acids is 1. The maximum Gasteiger partial charge on any atom is 0.490 e. The van der Waals surface area contributed by atoms with Gasteiger partial charge < -0.3 is 14.6 Å². The molecule has 0 saturated carbocycles. The van der Waals surface area contributed by atoms with Gasteiger partial charge >= 0.3 is 12.1 Å². The van der Waals surface area contributed by atoms with Crippen LogP contribution in [-0.4, -0.2) is 57.2 Å². The first-order valence-corrected chi connectivity index (χ1v) is 9.85. The Morgan fingerprint density at radius 2 is 2.10 bits per heavy atom. The summed E-state index contributed by atoms with van der Waals surface area (Å²) >= 11 is 1.65. The molecule has 29 heavy (non-hydrogen) atoms. The predicted molar refractivity (Wildman–Crippen MR) is 101 cm³/mol. The summed E-state index contributed by atoms with van der Waals surface area (Å²) in [5.41, 5.74) is 1.19. The van der Waals surface area contributed by atoms with Gasteiger partial charge in [0.25, 0.3) is 0 Å². The first-order chi connectivity index (χ1) is 13.6. The van der Waals surface area contributed by atoms with Gasteiger partial charge in [-0.2, -0.15) is 24.5 Å². The third-order valence-corrected chi connectivity index (χ3v) is 5.86. The maximum atomic E-state index is 12.4. The Labute approximate surface area is 169 Å². The molecule has 2 saturated heterocycles. The average molecular weight is 430 g/mol. The van der Waals surface area contributed by atoms with E-state index >= 15 is 0 Å². The Hall–Kier alpha value is -2.40. The number of anilines is 1. The molecule has 2 aliphatic rings. The Morgan fingerprint density at radius 1 is 1.38 bits per heavy atom. The van der Waals surface area contributed by atoms with Crippen LogP contribution in [0.15, 0.2) is 29.2 Å². The Bertz CT molecular complexity index is 868. The zero-order valence-electron chi connectivity index (χ0n) is 15.7. The highest BCUT2D eigenvalue weighted by atomic mass is 32.1. The number of carbonyl (C=O) groups is 2. The second-order valence-electron chi connectivity index (χ2n) is 7.36. The van der Waals surface area contributed by atoms with Gasteiger partial charge in [0.05, 0.1) is 12.2 Å². The monoisotopic (exact) mass is 430 g/mol. The van der Waals surface area contributed by atoms with Gasteiger partial charge in [0.15, 0.2) is 0 Å². The third kappa shape index (κ3) is 4.96. The standard InChI is InChI=1S/C16H20N4OS.C2HF3O2/c1-18-6-4-17-14(18)9-19-5-3-16(11-19)8-15(21)20(12-16)13-2-7-22-10-13;3-2(4,5)1(6)7/h2,4,6-7,10H,3,5,8-9,11-12H2,1H3;(H,6,7). The number of carboxylic acid groups (broad SMARTS) is 1. The summed E-state index contributed by atoms with van der Waals surface area (Å²) in [7, 11) is 2.03. The average Bonchev–Trinajstić information content (AvgIpc) is 3.39. The van der Waals surface area contributed by atoms with E-state index in [9.17, 15) is 18.0 Å². The van der Waals surface area contributed by atoms with E-state index < -0.39 is 12.1 Å². The van der Waals surface area contributed by atoms with Crippen LogP contribution >= 0.6 is 11.3 Å². The number of rotatable bonds is 3. The highest BCUT2D eigenvalue weighted by Gasteiger charge is 2.47. The van der Waals surface area contributed by atoms with Crippen LogP contribution in [0.2, 0.25) is 0 Å². The Morgan fingerprint density at radius 3 is 2.66 bits per heavy atom. The summed E-state index contributed by atoms with van der Waals surface area (Å²) in [5.74, 6) is -1.39. The molecule has 2 aliphatic heterocycles. The fraction of sp³-hybridized carbons (Fsp3) is 0.500. The molecule has 2 aromatic heterocycles. The lowest BCUT2D eigenvalue weighted by Crippen LogP contribution is -2.31. The van der Waals surface area contributed by atoms with Crippen molar-refractivity contribution in [3.8, 4) is 0 Å². The number of aromatic nitrogens is 2. The van der Waals surface area contributed by atoms with E-state index in [0.29, 0.717) is 6.42 Å². The molecule has 0 aliphatic carbocycles. The lowest BCUT2D eigenvalue weighted by Gasteiger charge is -2.23. The summed E-state index contributed by atoms with van der Waals surface area (Å²) < 4.78 is 33.8. The van der Waals surface area contributed by atoms with Crippen molar-refractivity contribution in [2.24, 2.45) is 12.5 Å². The Balaban J connectivity index is 0.000000298. The summed E-state index contributed by atoms with van der Waals surface area (Å²) in [6.45, 7) is 3.78. The molecular weight excluding hydrogens is 409 g/mol. The number of hydrogen-bond acceptors (Lipinski definition) is 5. The SMILES string of the molecule is Cn1ccnc1CN1CCC2(CC(=O)N(c3ccsc3)C2)C1.O=C(O)C(F)(F)F. The topological polar surface area (TPSA) is 78.7 Å². The van der Waals surface area contributed by atoms with Crippen LogP contribution in [-0.2, 0) is 23.2 Å². The van der Waals surface area contributed by atoms with Gasteiger partial charge in [0.2, 0.25) is 5.91 Å². The number of halogens is 3. The molecule has 2 fully saturated rings. The van der Waals surface area contributed by atoms with Crippen LogP contribution in [0.4, 0.5) is 18.9 Å². The normalized spacial score (nSPS) is 22.2. The van der Waals surface area contributed by atoms with Crippen molar-refractivity contribution in [1.82, 2.24) is 14.5 Å². The zero-order valence-corrected chi connectivity index (χ0v) is 16.5. The smallest absolute Gasteiger partial charge is 0.475 e. The van der Waals surface area contributed by atoms with Gasteiger partial charge in [0, 0.05) is 49.7 Å². The van der Waals surface area contributed by atoms with Crippen LogP contribution in [0.5, 0.6) is 0 Å². The van der Waals surface area contributed by atoms with Crippen molar-refractivity contribution in [3.63, 3.8) is 0 Å². The summed E-state index contributed by atoms with van der Waals surface area (Å²) in [5, 5.41) is 11.2. The molecule has 1 amide bonds. The number of aryl methyl sites for hydroxylation is 1. The molecule has 1 N–H and O–H groups in total. The lowest BCUT2D eigenvalue weighted by molar-refractivity contribution is -0.192. The summed E-state index contributed by atoms with van der Waals surface area (Å²) in [6.07, 6.45) is 0.529. The first-order valence-electron chi connectivity index (χ1n) is 8.91. The largest absolute Gasteiger partial charge is 0.490 e. The van der Waals surface area contributed by atoms with Gasteiger partial charge in [-0.3, -0.25) is 9.69 Å². The first kappa shape index (κ1) is 21.3.